The van der Waals surface area contributed by atoms with Crippen LogP contribution in [-0.4, -0.2) is 56.1 Å². The summed E-state index contributed by atoms with van der Waals surface area (Å²) in [5.41, 5.74) is 2.35. The Bertz CT molecular complexity index is 883. The Morgan fingerprint density at radius 1 is 1.18 bits per heavy atom. The molecule has 1 fully saturated rings. The number of hydrogen-bond acceptors (Lipinski definition) is 3. The lowest BCUT2D eigenvalue weighted by Gasteiger charge is -2.34. The highest BCUT2D eigenvalue weighted by molar-refractivity contribution is 5.86. The molecular weight excluding hydrogens is 355 g/mol. The monoisotopic (exact) mass is 384 g/mol. The fraction of sp³-hybridized carbons (Fsp3) is 0.545. The predicted molar refractivity (Wildman–Crippen MR) is 107 cm³/mol. The first kappa shape index (κ1) is 19.1. The second-order valence-corrected chi connectivity index (χ2v) is 9.13. The van der Waals surface area contributed by atoms with Crippen molar-refractivity contribution in [1.82, 2.24) is 19.4 Å². The van der Waals surface area contributed by atoms with E-state index in [4.69, 9.17) is 0 Å². The van der Waals surface area contributed by atoms with E-state index in [1.807, 2.05) is 6.33 Å². The molecule has 0 bridgehead atoms. The van der Waals surface area contributed by atoms with E-state index in [0.29, 0.717) is 26.1 Å². The van der Waals surface area contributed by atoms with Gasteiger partial charge in [0.25, 0.3) is 5.91 Å². The smallest absolute Gasteiger partial charge is 0.262 e. The summed E-state index contributed by atoms with van der Waals surface area (Å²) in [7, 11) is 0. The third-order valence-corrected chi connectivity index (χ3v) is 6.06. The van der Waals surface area contributed by atoms with Crippen LogP contribution in [-0.2, 0) is 17.8 Å². The van der Waals surface area contributed by atoms with Gasteiger partial charge in [0, 0.05) is 49.4 Å². The Balaban J connectivity index is 1.50. The number of amides is 1. The standard InChI is InChI=1S/C22H29FN4O/c1-16-5-7-17(8-6-16)27-15-24-18-13-25(11-9-19(18)27)20(28)22(23)10-12-26(14-22)21(2,3)4/h5-8,15H,9-14H2,1-4H3. The molecule has 0 saturated carbocycles. The van der Waals surface area contributed by atoms with Crippen molar-refractivity contribution in [2.24, 2.45) is 0 Å². The lowest BCUT2D eigenvalue weighted by molar-refractivity contribution is -0.144. The van der Waals surface area contributed by atoms with Crippen LogP contribution in [0.2, 0.25) is 0 Å². The number of carbonyl (C=O) groups excluding carboxylic acids is 1. The molecule has 1 unspecified atom stereocenters. The quantitative estimate of drug-likeness (QED) is 0.798. The molecule has 4 rings (SSSR count). The number of fused-ring (bicyclic) bond motifs is 1. The fourth-order valence-electron chi connectivity index (χ4n) is 4.21. The first-order valence-electron chi connectivity index (χ1n) is 10.0. The SMILES string of the molecule is Cc1ccc(-n2cnc3c2CCN(C(=O)C2(F)CCN(C(C)(C)C)C2)C3)cc1. The van der Waals surface area contributed by atoms with E-state index in [9.17, 15) is 4.79 Å². The van der Waals surface area contributed by atoms with Crippen molar-refractivity contribution in [2.75, 3.05) is 19.6 Å². The van der Waals surface area contributed by atoms with E-state index >= 15 is 4.39 Å². The van der Waals surface area contributed by atoms with Gasteiger partial charge in [-0.15, -0.1) is 0 Å². The summed E-state index contributed by atoms with van der Waals surface area (Å²) in [6.07, 6.45) is 2.77. The maximum absolute atomic E-state index is 15.5. The lowest BCUT2D eigenvalue weighted by atomic mass is 10.0. The highest BCUT2D eigenvalue weighted by atomic mass is 19.1. The van der Waals surface area contributed by atoms with Gasteiger partial charge in [0.2, 0.25) is 5.67 Å². The zero-order valence-corrected chi connectivity index (χ0v) is 17.2. The summed E-state index contributed by atoms with van der Waals surface area (Å²) in [4.78, 5) is 21.3. The molecule has 0 aliphatic carbocycles. The Morgan fingerprint density at radius 2 is 1.89 bits per heavy atom. The van der Waals surface area contributed by atoms with E-state index in [1.54, 1.807) is 4.90 Å². The molecule has 1 atom stereocenters. The highest BCUT2D eigenvalue weighted by Crippen LogP contribution is 2.33. The van der Waals surface area contributed by atoms with Crippen molar-refractivity contribution in [3.05, 3.63) is 47.5 Å². The molecule has 0 N–H and O–H groups in total. The molecule has 1 amide bonds. The number of aromatic nitrogens is 2. The molecule has 5 nitrogen and oxygen atoms in total. The number of likely N-dealkylation sites (tertiary alicyclic amines) is 1. The zero-order valence-electron chi connectivity index (χ0n) is 17.2. The van der Waals surface area contributed by atoms with Crippen molar-refractivity contribution in [3.63, 3.8) is 0 Å². The number of rotatable bonds is 2. The first-order chi connectivity index (χ1) is 13.2. The molecule has 0 radical (unpaired) electrons. The minimum atomic E-state index is -1.79. The second-order valence-electron chi connectivity index (χ2n) is 9.13. The number of hydrogen-bond donors (Lipinski definition) is 0. The molecule has 28 heavy (non-hydrogen) atoms. The average Bonchev–Trinajstić information content (AvgIpc) is 3.26. The molecule has 6 heteroatoms. The third kappa shape index (κ3) is 3.34. The van der Waals surface area contributed by atoms with Gasteiger partial charge in [0.05, 0.1) is 18.6 Å². The molecule has 2 aromatic rings. The van der Waals surface area contributed by atoms with Gasteiger partial charge in [-0.1, -0.05) is 17.7 Å². The van der Waals surface area contributed by atoms with Gasteiger partial charge < -0.3 is 9.47 Å². The Labute approximate surface area is 166 Å². The molecule has 1 aromatic heterocycles. The lowest BCUT2D eigenvalue weighted by Crippen LogP contribution is -2.51. The molecule has 1 aromatic carbocycles. The number of carbonyl (C=O) groups is 1. The number of imidazole rings is 1. The molecule has 1 saturated heterocycles. The third-order valence-electron chi connectivity index (χ3n) is 6.06. The van der Waals surface area contributed by atoms with Crippen LogP contribution in [0.5, 0.6) is 0 Å². The van der Waals surface area contributed by atoms with Gasteiger partial charge in [-0.05, 0) is 39.8 Å². The van der Waals surface area contributed by atoms with Crippen LogP contribution in [0, 0.1) is 6.92 Å². The van der Waals surface area contributed by atoms with Gasteiger partial charge in [-0.3, -0.25) is 9.69 Å². The minimum Gasteiger partial charge on any atom is -0.334 e. The molecular formula is C22H29FN4O. The van der Waals surface area contributed by atoms with Crippen LogP contribution < -0.4 is 0 Å². The van der Waals surface area contributed by atoms with Crippen LogP contribution in [0.4, 0.5) is 4.39 Å². The molecule has 2 aliphatic heterocycles. The Hall–Kier alpha value is -2.21. The van der Waals surface area contributed by atoms with Crippen LogP contribution in [0.15, 0.2) is 30.6 Å². The van der Waals surface area contributed by atoms with Gasteiger partial charge in [-0.25, -0.2) is 9.37 Å². The maximum atomic E-state index is 15.5. The van der Waals surface area contributed by atoms with E-state index in [0.717, 1.165) is 17.1 Å². The normalized spacial score (nSPS) is 23.1. The summed E-state index contributed by atoms with van der Waals surface area (Å²) in [5, 5.41) is 0. The molecule has 3 heterocycles. The van der Waals surface area contributed by atoms with Crippen LogP contribution in [0.3, 0.4) is 0 Å². The van der Waals surface area contributed by atoms with Gasteiger partial charge in [0.1, 0.15) is 0 Å². The van der Waals surface area contributed by atoms with Crippen molar-refractivity contribution in [2.45, 2.75) is 58.3 Å². The zero-order chi connectivity index (χ0) is 20.1. The highest BCUT2D eigenvalue weighted by Gasteiger charge is 2.49. The molecule has 150 valence electrons. The summed E-state index contributed by atoms with van der Waals surface area (Å²) >= 11 is 0. The number of halogens is 1. The van der Waals surface area contributed by atoms with Crippen molar-refractivity contribution in [3.8, 4) is 5.69 Å². The summed E-state index contributed by atoms with van der Waals surface area (Å²) in [5.74, 6) is -0.380. The second kappa shape index (κ2) is 6.69. The van der Waals surface area contributed by atoms with Crippen molar-refractivity contribution < 1.29 is 9.18 Å². The van der Waals surface area contributed by atoms with Gasteiger partial charge in [-0.2, -0.15) is 0 Å². The summed E-state index contributed by atoms with van der Waals surface area (Å²) < 4.78 is 17.6. The van der Waals surface area contributed by atoms with Gasteiger partial charge >= 0.3 is 0 Å². The summed E-state index contributed by atoms with van der Waals surface area (Å²) in [6.45, 7) is 9.96. The van der Waals surface area contributed by atoms with Crippen LogP contribution in [0.25, 0.3) is 5.69 Å². The summed E-state index contributed by atoms with van der Waals surface area (Å²) in [6, 6.07) is 8.30. The number of nitrogens with zero attached hydrogens (tertiary/aromatic N) is 4. The Kier molecular flexibility index (Phi) is 4.57. The maximum Gasteiger partial charge on any atom is 0.262 e. The van der Waals surface area contributed by atoms with Crippen LogP contribution in [0.1, 0.15) is 44.1 Å². The average molecular weight is 384 g/mol. The van der Waals surface area contributed by atoms with Crippen molar-refractivity contribution in [1.29, 1.82) is 0 Å². The van der Waals surface area contributed by atoms with E-state index in [-0.39, 0.29) is 24.4 Å². The van der Waals surface area contributed by atoms with E-state index < -0.39 is 5.67 Å². The topological polar surface area (TPSA) is 41.4 Å². The minimum absolute atomic E-state index is 0.129. The van der Waals surface area contributed by atoms with E-state index in [1.165, 1.54) is 5.56 Å². The molecule has 0 spiro atoms. The number of alkyl halides is 1. The van der Waals surface area contributed by atoms with Gasteiger partial charge in [0.15, 0.2) is 0 Å². The first-order valence-corrected chi connectivity index (χ1v) is 10.0. The Morgan fingerprint density at radius 3 is 2.54 bits per heavy atom. The number of benzene rings is 1. The van der Waals surface area contributed by atoms with Crippen molar-refractivity contribution >= 4 is 5.91 Å². The van der Waals surface area contributed by atoms with E-state index in [2.05, 4.69) is 66.4 Å². The fourth-order valence-corrected chi connectivity index (χ4v) is 4.21. The molecule has 2 aliphatic rings. The number of aryl methyl sites for hydroxylation is 1. The predicted octanol–water partition coefficient (Wildman–Crippen LogP) is 3.28. The largest absolute Gasteiger partial charge is 0.334 e. The van der Waals surface area contributed by atoms with Crippen LogP contribution >= 0.6 is 0 Å².